The highest BCUT2D eigenvalue weighted by Gasteiger charge is 2.18. The van der Waals surface area contributed by atoms with Crippen LogP contribution >= 0.6 is 0 Å². The van der Waals surface area contributed by atoms with Crippen LogP contribution in [0.2, 0.25) is 0 Å². The molecule has 0 spiro atoms. The molecule has 132 valence electrons. The van der Waals surface area contributed by atoms with Crippen molar-refractivity contribution in [3.05, 3.63) is 72.8 Å². The van der Waals surface area contributed by atoms with Crippen molar-refractivity contribution < 1.29 is 9.47 Å². The van der Waals surface area contributed by atoms with Gasteiger partial charge in [-0.2, -0.15) is 10.4 Å². The summed E-state index contributed by atoms with van der Waals surface area (Å²) >= 11 is 0. The number of ether oxygens (including phenoxy) is 2. The largest absolute Gasteiger partial charge is 0.454 e. The fourth-order valence-corrected chi connectivity index (χ4v) is 3.01. The lowest BCUT2D eigenvalue weighted by molar-refractivity contribution is 0.174. The minimum absolute atomic E-state index is 0.240. The highest BCUT2D eigenvalue weighted by Crippen LogP contribution is 2.37. The Bertz CT molecular complexity index is 1090. The van der Waals surface area contributed by atoms with Crippen LogP contribution < -0.4 is 9.47 Å². The normalized spacial score (nSPS) is 12.7. The van der Waals surface area contributed by atoms with Crippen LogP contribution in [0.4, 0.5) is 0 Å². The third-order valence-corrected chi connectivity index (χ3v) is 4.38. The van der Waals surface area contributed by atoms with Crippen molar-refractivity contribution in [3.63, 3.8) is 0 Å². The van der Waals surface area contributed by atoms with Crippen LogP contribution in [0.3, 0.4) is 0 Å². The fraction of sp³-hybridized carbons (Fsp3) is 0.0909. The van der Waals surface area contributed by atoms with Gasteiger partial charge in [0.05, 0.1) is 23.0 Å². The van der Waals surface area contributed by atoms with E-state index in [-0.39, 0.29) is 6.79 Å². The van der Waals surface area contributed by atoms with Gasteiger partial charge in [0.25, 0.3) is 0 Å². The summed E-state index contributed by atoms with van der Waals surface area (Å²) in [5.74, 6) is 1.47. The highest BCUT2D eigenvalue weighted by molar-refractivity contribution is 5.74. The molecule has 2 aromatic carbocycles. The molecule has 0 radical (unpaired) electrons. The second-order valence-electron chi connectivity index (χ2n) is 6.13. The monoisotopic (exact) mass is 355 g/mol. The summed E-state index contributed by atoms with van der Waals surface area (Å²) in [7, 11) is 0. The van der Waals surface area contributed by atoms with Crippen LogP contribution in [0.25, 0.3) is 28.2 Å². The number of nitrogens with zero attached hydrogens (tertiary/aromatic N) is 3. The first-order valence-corrected chi connectivity index (χ1v) is 8.50. The Morgan fingerprint density at radius 3 is 2.59 bits per heavy atom. The van der Waals surface area contributed by atoms with E-state index >= 15 is 0 Å². The first-order chi connectivity index (χ1) is 13.2. The van der Waals surface area contributed by atoms with Crippen LogP contribution in [0, 0.1) is 11.3 Å². The Morgan fingerprint density at radius 1 is 1.11 bits per heavy atom. The molecule has 2 heterocycles. The highest BCUT2D eigenvalue weighted by atomic mass is 16.7. The molecule has 0 unspecified atom stereocenters. The maximum Gasteiger partial charge on any atom is 0.231 e. The lowest BCUT2D eigenvalue weighted by Gasteiger charge is -2.08. The SMILES string of the molecule is C=C/C=C(\C)n1nc(-c2ccc(C#N)cc2)cc1-c1ccc2c(c1)OCO2. The predicted octanol–water partition coefficient (Wildman–Crippen LogP) is 4.86. The molecule has 4 rings (SSSR count). The van der Waals surface area contributed by atoms with E-state index in [1.165, 1.54) is 0 Å². The van der Waals surface area contributed by atoms with Crippen molar-refractivity contribution in [2.75, 3.05) is 6.79 Å². The van der Waals surface area contributed by atoms with Gasteiger partial charge < -0.3 is 9.47 Å². The number of rotatable bonds is 4. The molecule has 0 saturated heterocycles. The molecule has 0 bridgehead atoms. The van der Waals surface area contributed by atoms with Gasteiger partial charge in [-0.3, -0.25) is 0 Å². The standard InChI is InChI=1S/C22H17N3O2/c1-3-4-15(2)25-20(18-9-10-21-22(11-18)27-14-26-21)12-19(24-25)17-7-5-16(13-23)6-8-17/h3-12H,1,14H2,2H3/b15-4+. The molecule has 3 aromatic rings. The summed E-state index contributed by atoms with van der Waals surface area (Å²) in [6.45, 7) is 6.00. The van der Waals surface area contributed by atoms with Crippen molar-refractivity contribution in [2.24, 2.45) is 0 Å². The van der Waals surface area contributed by atoms with E-state index in [2.05, 4.69) is 12.6 Å². The maximum absolute atomic E-state index is 9.00. The van der Waals surface area contributed by atoms with Crippen molar-refractivity contribution in [1.29, 1.82) is 5.26 Å². The zero-order chi connectivity index (χ0) is 18.8. The number of hydrogen-bond donors (Lipinski definition) is 0. The Morgan fingerprint density at radius 2 is 1.85 bits per heavy atom. The van der Waals surface area contributed by atoms with Gasteiger partial charge in [-0.1, -0.05) is 24.8 Å². The van der Waals surface area contributed by atoms with E-state index in [4.69, 9.17) is 19.8 Å². The summed E-state index contributed by atoms with van der Waals surface area (Å²) < 4.78 is 12.8. The van der Waals surface area contributed by atoms with Crippen molar-refractivity contribution >= 4 is 5.70 Å². The molecule has 0 atom stereocenters. The molecule has 5 nitrogen and oxygen atoms in total. The topological polar surface area (TPSA) is 60.1 Å². The van der Waals surface area contributed by atoms with Crippen molar-refractivity contribution in [3.8, 4) is 40.1 Å². The number of nitriles is 1. The van der Waals surface area contributed by atoms with Crippen molar-refractivity contribution in [2.45, 2.75) is 6.92 Å². The van der Waals surface area contributed by atoms with E-state index < -0.39 is 0 Å². The average Bonchev–Trinajstić information content (AvgIpc) is 3.34. The van der Waals surface area contributed by atoms with E-state index in [1.807, 2.05) is 54.1 Å². The molecule has 0 fully saturated rings. The van der Waals surface area contributed by atoms with Crippen LogP contribution in [0.15, 0.2) is 67.3 Å². The smallest absolute Gasteiger partial charge is 0.231 e. The van der Waals surface area contributed by atoms with Gasteiger partial charge in [-0.25, -0.2) is 4.68 Å². The van der Waals surface area contributed by atoms with Gasteiger partial charge in [0, 0.05) is 16.8 Å². The minimum Gasteiger partial charge on any atom is -0.454 e. The average molecular weight is 355 g/mol. The molecule has 0 aliphatic carbocycles. The molecular formula is C22H17N3O2. The number of fused-ring (bicyclic) bond motifs is 1. The Balaban J connectivity index is 1.84. The Labute approximate surface area is 157 Å². The molecule has 0 amide bonds. The van der Waals surface area contributed by atoms with Crippen molar-refractivity contribution in [1.82, 2.24) is 9.78 Å². The Hall–Kier alpha value is -3.78. The zero-order valence-electron chi connectivity index (χ0n) is 14.8. The molecule has 27 heavy (non-hydrogen) atoms. The van der Waals surface area contributed by atoms with Crippen LogP contribution in [-0.4, -0.2) is 16.6 Å². The second-order valence-corrected chi connectivity index (χ2v) is 6.13. The molecule has 1 aliphatic rings. The first-order valence-electron chi connectivity index (χ1n) is 8.50. The van der Waals surface area contributed by atoms with E-state index in [1.54, 1.807) is 18.2 Å². The number of hydrogen-bond acceptors (Lipinski definition) is 4. The fourth-order valence-electron chi connectivity index (χ4n) is 3.01. The number of allylic oxidation sites excluding steroid dienone is 3. The van der Waals surface area contributed by atoms with Gasteiger partial charge in [-0.15, -0.1) is 0 Å². The third-order valence-electron chi connectivity index (χ3n) is 4.38. The molecule has 0 saturated carbocycles. The molecule has 1 aliphatic heterocycles. The van der Waals surface area contributed by atoms with Gasteiger partial charge in [0.2, 0.25) is 6.79 Å². The summed E-state index contributed by atoms with van der Waals surface area (Å²) in [5.41, 5.74) is 5.24. The molecule has 5 heteroatoms. The van der Waals surface area contributed by atoms with Crippen LogP contribution in [0.5, 0.6) is 11.5 Å². The number of aromatic nitrogens is 2. The van der Waals surface area contributed by atoms with E-state index in [0.29, 0.717) is 5.56 Å². The van der Waals surface area contributed by atoms with Gasteiger partial charge in [-0.05, 0) is 49.4 Å². The third kappa shape index (κ3) is 3.09. The maximum atomic E-state index is 9.00. The lowest BCUT2D eigenvalue weighted by Crippen LogP contribution is -1.99. The lowest BCUT2D eigenvalue weighted by atomic mass is 10.1. The summed E-state index contributed by atoms with van der Waals surface area (Å²) in [4.78, 5) is 0. The van der Waals surface area contributed by atoms with Gasteiger partial charge >= 0.3 is 0 Å². The van der Waals surface area contributed by atoms with Crippen LogP contribution in [-0.2, 0) is 0 Å². The van der Waals surface area contributed by atoms with E-state index in [0.717, 1.165) is 39.7 Å². The number of benzene rings is 2. The van der Waals surface area contributed by atoms with Gasteiger partial charge in [0.1, 0.15) is 0 Å². The quantitative estimate of drug-likeness (QED) is 0.627. The Kier molecular flexibility index (Phi) is 4.23. The van der Waals surface area contributed by atoms with Gasteiger partial charge in [0.15, 0.2) is 11.5 Å². The minimum atomic E-state index is 0.240. The van der Waals surface area contributed by atoms with Crippen LogP contribution in [0.1, 0.15) is 12.5 Å². The summed E-state index contributed by atoms with van der Waals surface area (Å²) in [6.07, 6.45) is 3.65. The first kappa shape index (κ1) is 16.7. The second kappa shape index (κ2) is 6.85. The van der Waals surface area contributed by atoms with E-state index in [9.17, 15) is 0 Å². The summed E-state index contributed by atoms with van der Waals surface area (Å²) in [5, 5.41) is 13.8. The predicted molar refractivity (Wildman–Crippen MR) is 104 cm³/mol. The molecular weight excluding hydrogens is 338 g/mol. The summed E-state index contributed by atoms with van der Waals surface area (Å²) in [6, 6.07) is 17.4. The molecule has 0 N–H and O–H groups in total. The zero-order valence-corrected chi connectivity index (χ0v) is 14.8. The molecule has 1 aromatic heterocycles.